The highest BCUT2D eigenvalue weighted by Crippen LogP contribution is 2.26. The average molecular weight is 368 g/mol. The Morgan fingerprint density at radius 1 is 0.857 bits per heavy atom. The smallest absolute Gasteiger partial charge is 0.139 e. The number of aromatic hydroxyl groups is 2. The first-order chi connectivity index (χ1) is 13.5. The molecule has 1 atom stereocenters. The van der Waals surface area contributed by atoms with E-state index in [1.165, 1.54) is 5.56 Å². The summed E-state index contributed by atoms with van der Waals surface area (Å²) in [6, 6.07) is 21.5. The minimum absolute atomic E-state index is 0.171. The van der Waals surface area contributed by atoms with Crippen LogP contribution in [0.25, 0.3) is 12.2 Å². The van der Waals surface area contributed by atoms with E-state index in [4.69, 9.17) is 0 Å². The van der Waals surface area contributed by atoms with Crippen molar-refractivity contribution in [2.75, 3.05) is 0 Å². The van der Waals surface area contributed by atoms with Crippen LogP contribution < -0.4 is 5.46 Å². The number of hydrogen-bond acceptors (Lipinski definition) is 2. The summed E-state index contributed by atoms with van der Waals surface area (Å²) in [4.78, 5) is 0. The Morgan fingerprint density at radius 3 is 2.29 bits per heavy atom. The zero-order chi connectivity index (χ0) is 19.9. The van der Waals surface area contributed by atoms with E-state index in [2.05, 4.69) is 24.3 Å². The van der Waals surface area contributed by atoms with E-state index in [0.717, 1.165) is 28.6 Å². The molecule has 3 aromatic rings. The molecule has 0 amide bonds. The predicted octanol–water partition coefficient (Wildman–Crippen LogP) is 4.57. The number of allylic oxidation sites excluding steroid dienone is 2. The Morgan fingerprint density at radius 2 is 1.54 bits per heavy atom. The van der Waals surface area contributed by atoms with E-state index in [-0.39, 0.29) is 11.7 Å². The highest BCUT2D eigenvalue weighted by Gasteiger charge is 2.07. The third-order valence-electron chi connectivity index (χ3n) is 4.79. The minimum atomic E-state index is 0.171. The van der Waals surface area contributed by atoms with E-state index in [9.17, 15) is 10.2 Å². The van der Waals surface area contributed by atoms with Crippen molar-refractivity contribution in [2.24, 2.45) is 0 Å². The second-order valence-corrected chi connectivity index (χ2v) is 7.14. The zero-order valence-corrected chi connectivity index (χ0v) is 16.3. The van der Waals surface area contributed by atoms with Crippen molar-refractivity contribution in [3.8, 4) is 11.5 Å². The van der Waals surface area contributed by atoms with Crippen molar-refractivity contribution < 1.29 is 10.2 Å². The maximum Gasteiger partial charge on any atom is 0.139 e. The quantitative estimate of drug-likeness (QED) is 0.626. The number of rotatable bonds is 6. The van der Waals surface area contributed by atoms with Crippen LogP contribution in [-0.4, -0.2) is 18.1 Å². The van der Waals surface area contributed by atoms with Crippen LogP contribution in [0, 0.1) is 6.92 Å². The summed E-state index contributed by atoms with van der Waals surface area (Å²) in [6.07, 6.45) is 8.96. The normalized spacial score (nSPS) is 12.6. The van der Waals surface area contributed by atoms with Gasteiger partial charge in [0.05, 0.1) is 0 Å². The molecule has 0 bridgehead atoms. The summed E-state index contributed by atoms with van der Waals surface area (Å²) >= 11 is 0. The molecule has 2 nitrogen and oxygen atoms in total. The molecule has 3 heteroatoms. The molecule has 0 saturated heterocycles. The van der Waals surface area contributed by atoms with Gasteiger partial charge < -0.3 is 10.2 Å². The third-order valence-corrected chi connectivity index (χ3v) is 4.79. The molecule has 3 rings (SSSR count). The molecule has 0 aliphatic heterocycles. The van der Waals surface area contributed by atoms with Crippen molar-refractivity contribution in [1.29, 1.82) is 0 Å². The van der Waals surface area contributed by atoms with Gasteiger partial charge in [0.25, 0.3) is 0 Å². The lowest BCUT2D eigenvalue weighted by Gasteiger charge is -2.11. The molecule has 0 heterocycles. The second-order valence-electron chi connectivity index (χ2n) is 7.14. The first-order valence-electron chi connectivity index (χ1n) is 9.52. The lowest BCUT2D eigenvalue weighted by atomic mass is 9.92. The van der Waals surface area contributed by atoms with Crippen LogP contribution in [0.1, 0.15) is 34.6 Å². The topological polar surface area (TPSA) is 40.5 Å². The van der Waals surface area contributed by atoms with Crippen LogP contribution in [0.15, 0.2) is 78.9 Å². The van der Waals surface area contributed by atoms with Crippen LogP contribution in [-0.2, 0) is 0 Å². The SMILES string of the molecule is Bc1ccc(O)c(/C=C/C[C@@H](/C=C/c2cc(C)ccc2O)c2ccccc2)c1. The Bertz CT molecular complexity index is 991. The van der Waals surface area contributed by atoms with Gasteiger partial charge in [0.1, 0.15) is 19.3 Å². The van der Waals surface area contributed by atoms with Gasteiger partial charge in [-0.15, -0.1) is 0 Å². The standard InChI is InChI=1S/C25H25BO2/c1-18-10-14-24(27)22(16-18)12-11-20(19-6-3-2-4-7-19)8-5-9-21-17-23(26)13-15-25(21)28/h2-7,9-17,20,27-28H,8,26H2,1H3/b9-5+,12-11+/t20-/m0/s1. The van der Waals surface area contributed by atoms with E-state index < -0.39 is 0 Å². The van der Waals surface area contributed by atoms with Crippen molar-refractivity contribution in [1.82, 2.24) is 0 Å². The zero-order valence-electron chi connectivity index (χ0n) is 16.3. The fraction of sp³-hybridized carbons (Fsp3) is 0.120. The predicted molar refractivity (Wildman–Crippen MR) is 121 cm³/mol. The Kier molecular flexibility index (Phi) is 6.39. The van der Waals surface area contributed by atoms with Crippen LogP contribution in [0.2, 0.25) is 0 Å². The molecule has 0 aliphatic rings. The molecular weight excluding hydrogens is 343 g/mol. The van der Waals surface area contributed by atoms with Gasteiger partial charge in [0.2, 0.25) is 0 Å². The molecule has 0 spiro atoms. The summed E-state index contributed by atoms with van der Waals surface area (Å²) in [5, 5.41) is 20.1. The number of aryl methyl sites for hydroxylation is 1. The molecular formula is C25H25BO2. The van der Waals surface area contributed by atoms with Gasteiger partial charge in [-0.2, -0.15) is 0 Å². The summed E-state index contributed by atoms with van der Waals surface area (Å²) < 4.78 is 0. The van der Waals surface area contributed by atoms with Crippen LogP contribution in [0.5, 0.6) is 11.5 Å². The highest BCUT2D eigenvalue weighted by atomic mass is 16.3. The Balaban J connectivity index is 1.83. The maximum absolute atomic E-state index is 10.1. The van der Waals surface area contributed by atoms with Gasteiger partial charge in [-0.25, -0.2) is 0 Å². The largest absolute Gasteiger partial charge is 0.507 e. The molecule has 0 unspecified atom stereocenters. The molecule has 3 aromatic carbocycles. The summed E-state index contributed by atoms with van der Waals surface area (Å²) in [7, 11) is 2.01. The van der Waals surface area contributed by atoms with Crippen molar-refractivity contribution in [2.45, 2.75) is 19.3 Å². The molecule has 0 radical (unpaired) electrons. The van der Waals surface area contributed by atoms with Crippen LogP contribution in [0.4, 0.5) is 0 Å². The summed E-state index contributed by atoms with van der Waals surface area (Å²) in [6.45, 7) is 2.02. The van der Waals surface area contributed by atoms with Crippen molar-refractivity contribution in [3.05, 3.63) is 101 Å². The van der Waals surface area contributed by atoms with Crippen molar-refractivity contribution >= 4 is 25.5 Å². The molecule has 28 heavy (non-hydrogen) atoms. The second kappa shape index (κ2) is 9.14. The molecule has 0 aromatic heterocycles. The van der Waals surface area contributed by atoms with Gasteiger partial charge in [0.15, 0.2) is 0 Å². The van der Waals surface area contributed by atoms with Crippen LogP contribution in [0.3, 0.4) is 0 Å². The molecule has 2 N–H and O–H groups in total. The Hall–Kier alpha value is -3.20. The number of benzene rings is 3. The molecule has 0 fully saturated rings. The first kappa shape index (κ1) is 19.6. The first-order valence-corrected chi connectivity index (χ1v) is 9.52. The monoisotopic (exact) mass is 368 g/mol. The van der Waals surface area contributed by atoms with Gasteiger partial charge in [-0.3, -0.25) is 0 Å². The minimum Gasteiger partial charge on any atom is -0.507 e. The van der Waals surface area contributed by atoms with Gasteiger partial charge >= 0.3 is 0 Å². The van der Waals surface area contributed by atoms with E-state index in [1.54, 1.807) is 12.1 Å². The fourth-order valence-electron chi connectivity index (χ4n) is 3.20. The average Bonchev–Trinajstić information content (AvgIpc) is 2.70. The van der Waals surface area contributed by atoms with Crippen molar-refractivity contribution in [3.63, 3.8) is 0 Å². The van der Waals surface area contributed by atoms with E-state index in [0.29, 0.717) is 5.75 Å². The maximum atomic E-state index is 10.1. The molecule has 0 aliphatic carbocycles. The highest BCUT2D eigenvalue weighted by molar-refractivity contribution is 6.32. The van der Waals surface area contributed by atoms with Gasteiger partial charge in [0, 0.05) is 17.0 Å². The third kappa shape index (κ3) is 5.17. The van der Waals surface area contributed by atoms with Crippen LogP contribution >= 0.6 is 0 Å². The van der Waals surface area contributed by atoms with E-state index in [1.807, 2.05) is 69.4 Å². The van der Waals surface area contributed by atoms with Gasteiger partial charge in [-0.05, 0) is 37.1 Å². The molecule has 140 valence electrons. The summed E-state index contributed by atoms with van der Waals surface area (Å²) in [5.41, 5.74) is 5.09. The van der Waals surface area contributed by atoms with E-state index >= 15 is 0 Å². The fourth-order valence-corrected chi connectivity index (χ4v) is 3.20. The lowest BCUT2D eigenvalue weighted by Crippen LogP contribution is -2.00. The number of phenols is 2. The number of phenolic OH excluding ortho intramolecular Hbond substituents is 2. The molecule has 0 saturated carbocycles. The van der Waals surface area contributed by atoms with Gasteiger partial charge in [-0.1, -0.05) is 83.9 Å². The number of hydrogen-bond donors (Lipinski definition) is 2. The Labute approximate surface area is 167 Å². The summed E-state index contributed by atoms with van der Waals surface area (Å²) in [5.74, 6) is 0.747. The lowest BCUT2D eigenvalue weighted by molar-refractivity contribution is 0.473.